The molecule has 0 aliphatic heterocycles. The smallest absolute Gasteiger partial charge is 0.248 e. The van der Waals surface area contributed by atoms with Gasteiger partial charge in [0.1, 0.15) is 0 Å². The molecule has 6 heteroatoms. The fourth-order valence-electron chi connectivity index (χ4n) is 3.16. The van der Waals surface area contributed by atoms with E-state index in [1.165, 1.54) is 6.08 Å². The number of rotatable bonds is 6. The number of pyridine rings is 1. The number of anilines is 1. The van der Waals surface area contributed by atoms with Crippen molar-refractivity contribution in [1.29, 1.82) is 0 Å². The van der Waals surface area contributed by atoms with Crippen molar-refractivity contribution in [3.63, 3.8) is 0 Å². The molecule has 152 valence electrons. The van der Waals surface area contributed by atoms with Crippen LogP contribution in [-0.2, 0) is 4.79 Å². The summed E-state index contributed by atoms with van der Waals surface area (Å²) in [4.78, 5) is 29.1. The first-order valence-electron chi connectivity index (χ1n) is 9.79. The van der Waals surface area contributed by atoms with Crippen molar-refractivity contribution >= 4 is 40.6 Å². The molecule has 0 saturated carbocycles. The van der Waals surface area contributed by atoms with Crippen LogP contribution in [0.3, 0.4) is 0 Å². The van der Waals surface area contributed by atoms with Gasteiger partial charge >= 0.3 is 0 Å². The van der Waals surface area contributed by atoms with Gasteiger partial charge in [-0.3, -0.25) is 14.6 Å². The highest BCUT2D eigenvalue weighted by atomic mass is 16.1. The van der Waals surface area contributed by atoms with E-state index < -0.39 is 0 Å². The van der Waals surface area contributed by atoms with Crippen molar-refractivity contribution in [2.45, 2.75) is 6.92 Å². The van der Waals surface area contributed by atoms with Crippen molar-refractivity contribution in [3.05, 3.63) is 102 Å². The zero-order valence-corrected chi connectivity index (χ0v) is 16.9. The van der Waals surface area contributed by atoms with E-state index in [1.54, 1.807) is 60.4 Å². The Kier molecular flexibility index (Phi) is 5.80. The highest BCUT2D eigenvalue weighted by Gasteiger charge is 2.12. The third-order valence-corrected chi connectivity index (χ3v) is 4.65. The van der Waals surface area contributed by atoms with Gasteiger partial charge in [-0.1, -0.05) is 36.4 Å². The van der Waals surface area contributed by atoms with Crippen molar-refractivity contribution in [2.24, 2.45) is 0 Å². The van der Waals surface area contributed by atoms with E-state index in [0.717, 1.165) is 16.6 Å². The minimum Gasteiger partial charge on any atom is -0.322 e. The van der Waals surface area contributed by atoms with Crippen LogP contribution < -0.4 is 5.32 Å². The Hall–Kier alpha value is -4.32. The first-order valence-corrected chi connectivity index (χ1v) is 9.79. The number of carbonyl (C=O) groups excluding carboxylic acids is 2. The quantitative estimate of drug-likeness (QED) is 0.367. The number of fused-ring (bicyclic) bond motifs is 1. The van der Waals surface area contributed by atoms with Gasteiger partial charge in [-0.05, 0) is 49.4 Å². The summed E-state index contributed by atoms with van der Waals surface area (Å²) >= 11 is 0. The summed E-state index contributed by atoms with van der Waals surface area (Å²) in [6.07, 6.45) is 10.2. The standard InChI is InChI=1S/C25H20N4O2/c1-2-6-24(30)28-22-9-5-7-18(15-22)25(31)19-10-11-20-17-27-29(23(20)16-19)14-12-21-8-3-4-13-26-21/h2-17H,1H3,(H,28,30). The van der Waals surface area contributed by atoms with Crippen molar-refractivity contribution in [1.82, 2.24) is 14.8 Å². The van der Waals surface area contributed by atoms with E-state index in [9.17, 15) is 9.59 Å². The van der Waals surface area contributed by atoms with Crippen LogP contribution in [0.15, 0.2) is 85.2 Å². The number of nitrogens with one attached hydrogen (secondary N) is 1. The van der Waals surface area contributed by atoms with Gasteiger partial charge in [-0.2, -0.15) is 5.10 Å². The minimum atomic E-state index is -0.239. The molecule has 2 aromatic carbocycles. The Morgan fingerprint density at radius 2 is 1.87 bits per heavy atom. The lowest BCUT2D eigenvalue weighted by Gasteiger charge is -2.06. The molecule has 4 rings (SSSR count). The van der Waals surface area contributed by atoms with Crippen LogP contribution in [0.1, 0.15) is 28.5 Å². The molecule has 0 bridgehead atoms. The van der Waals surface area contributed by atoms with Gasteiger partial charge in [0.15, 0.2) is 5.78 Å². The number of carbonyl (C=O) groups is 2. The molecular weight excluding hydrogens is 388 g/mol. The number of ketones is 1. The molecule has 31 heavy (non-hydrogen) atoms. The molecule has 0 spiro atoms. The highest BCUT2D eigenvalue weighted by molar-refractivity contribution is 6.11. The molecule has 6 nitrogen and oxygen atoms in total. The fourth-order valence-corrected chi connectivity index (χ4v) is 3.16. The molecule has 4 aromatic rings. The molecule has 0 atom stereocenters. The third-order valence-electron chi connectivity index (χ3n) is 4.65. The molecule has 1 amide bonds. The summed E-state index contributed by atoms with van der Waals surface area (Å²) in [7, 11) is 0. The van der Waals surface area contributed by atoms with Gasteiger partial charge in [0.05, 0.1) is 17.4 Å². The maximum atomic E-state index is 13.1. The van der Waals surface area contributed by atoms with Crippen LogP contribution >= 0.6 is 0 Å². The third kappa shape index (κ3) is 4.64. The summed E-state index contributed by atoms with van der Waals surface area (Å²) in [6.45, 7) is 1.77. The van der Waals surface area contributed by atoms with Gasteiger partial charge in [0.2, 0.25) is 5.91 Å². The largest absolute Gasteiger partial charge is 0.322 e. The van der Waals surface area contributed by atoms with Gasteiger partial charge in [-0.15, -0.1) is 0 Å². The van der Waals surface area contributed by atoms with Crippen LogP contribution in [0.5, 0.6) is 0 Å². The van der Waals surface area contributed by atoms with Crippen molar-refractivity contribution in [3.8, 4) is 0 Å². The number of nitrogens with zero attached hydrogens (tertiary/aromatic N) is 3. The molecule has 0 unspecified atom stereocenters. The predicted molar refractivity (Wildman–Crippen MR) is 123 cm³/mol. The number of amides is 1. The van der Waals surface area contributed by atoms with Crippen LogP contribution in [0.2, 0.25) is 0 Å². The first kappa shape index (κ1) is 20.0. The van der Waals surface area contributed by atoms with Crippen molar-refractivity contribution < 1.29 is 9.59 Å². The maximum Gasteiger partial charge on any atom is 0.248 e. The van der Waals surface area contributed by atoms with E-state index in [2.05, 4.69) is 15.4 Å². The maximum absolute atomic E-state index is 13.1. The van der Waals surface area contributed by atoms with Gasteiger partial charge in [0, 0.05) is 34.6 Å². The second-order valence-electron chi connectivity index (χ2n) is 6.83. The Morgan fingerprint density at radius 1 is 1.00 bits per heavy atom. The lowest BCUT2D eigenvalue weighted by atomic mass is 10.0. The molecule has 0 fully saturated rings. The summed E-state index contributed by atoms with van der Waals surface area (Å²) in [5, 5.41) is 8.06. The topological polar surface area (TPSA) is 76.9 Å². The zero-order valence-electron chi connectivity index (χ0n) is 16.9. The molecule has 0 aliphatic carbocycles. The molecule has 1 N–H and O–H groups in total. The van der Waals surface area contributed by atoms with Gasteiger partial charge in [-0.25, -0.2) is 4.68 Å². The van der Waals surface area contributed by atoms with E-state index in [0.29, 0.717) is 16.8 Å². The van der Waals surface area contributed by atoms with Gasteiger partial charge < -0.3 is 5.32 Å². The van der Waals surface area contributed by atoms with E-state index in [1.807, 2.05) is 42.6 Å². The number of aromatic nitrogens is 3. The summed E-state index contributed by atoms with van der Waals surface area (Å²) in [5.74, 6) is -0.373. The van der Waals surface area contributed by atoms with E-state index >= 15 is 0 Å². The molecule has 0 aliphatic rings. The Morgan fingerprint density at radius 3 is 2.68 bits per heavy atom. The number of benzene rings is 2. The molecular formula is C25H20N4O2. The molecule has 0 radical (unpaired) electrons. The summed E-state index contributed by atoms with van der Waals surface area (Å²) in [5.41, 5.74) is 3.23. The Balaban J connectivity index is 1.62. The second kappa shape index (κ2) is 9.00. The highest BCUT2D eigenvalue weighted by Crippen LogP contribution is 2.20. The average molecular weight is 408 g/mol. The minimum absolute atomic E-state index is 0.134. The average Bonchev–Trinajstić information content (AvgIpc) is 3.20. The van der Waals surface area contributed by atoms with Gasteiger partial charge in [0.25, 0.3) is 0 Å². The predicted octanol–water partition coefficient (Wildman–Crippen LogP) is 4.80. The Bertz CT molecular complexity index is 1300. The SMILES string of the molecule is CC=CC(=O)Nc1cccc(C(=O)c2ccc3cnn(C=Cc4ccccn4)c3c2)c1. The van der Waals surface area contributed by atoms with Crippen LogP contribution in [0.25, 0.3) is 23.2 Å². The monoisotopic (exact) mass is 408 g/mol. The summed E-state index contributed by atoms with van der Waals surface area (Å²) < 4.78 is 1.72. The first-order chi connectivity index (χ1) is 15.1. The second-order valence-corrected chi connectivity index (χ2v) is 6.83. The number of hydrogen-bond donors (Lipinski definition) is 1. The summed E-state index contributed by atoms with van der Waals surface area (Å²) in [6, 6.07) is 18.1. The van der Waals surface area contributed by atoms with Crippen LogP contribution in [0, 0.1) is 0 Å². The molecule has 2 heterocycles. The van der Waals surface area contributed by atoms with Crippen LogP contribution in [-0.4, -0.2) is 26.5 Å². The van der Waals surface area contributed by atoms with Crippen LogP contribution in [0.4, 0.5) is 5.69 Å². The normalized spacial score (nSPS) is 11.4. The van der Waals surface area contributed by atoms with Crippen molar-refractivity contribution in [2.75, 3.05) is 5.32 Å². The number of hydrogen-bond acceptors (Lipinski definition) is 4. The fraction of sp³-hybridized carbons (Fsp3) is 0.0400. The van der Waals surface area contributed by atoms with E-state index in [4.69, 9.17) is 0 Å². The lowest BCUT2D eigenvalue weighted by Crippen LogP contribution is -2.09. The molecule has 0 saturated heterocycles. The Labute approximate surface area is 179 Å². The zero-order chi connectivity index (χ0) is 21.6. The van der Waals surface area contributed by atoms with E-state index in [-0.39, 0.29) is 11.7 Å². The number of allylic oxidation sites excluding steroid dienone is 1. The lowest BCUT2D eigenvalue weighted by molar-refractivity contribution is -0.111. The molecule has 2 aromatic heterocycles.